The van der Waals surface area contributed by atoms with Gasteiger partial charge in [-0.05, 0) is 44.0 Å². The van der Waals surface area contributed by atoms with Crippen LogP contribution in [0.5, 0.6) is 0 Å². The van der Waals surface area contributed by atoms with Crippen LogP contribution in [-0.2, 0) is 11.0 Å². The Bertz CT molecular complexity index is 775. The van der Waals surface area contributed by atoms with E-state index < -0.39 is 29.7 Å². The van der Waals surface area contributed by atoms with Gasteiger partial charge in [0.25, 0.3) is 0 Å². The van der Waals surface area contributed by atoms with Crippen molar-refractivity contribution in [1.82, 2.24) is 0 Å². The lowest BCUT2D eigenvalue weighted by atomic mass is 9.76. The van der Waals surface area contributed by atoms with Gasteiger partial charge in [0.1, 0.15) is 0 Å². The summed E-state index contributed by atoms with van der Waals surface area (Å²) in [6.07, 6.45) is 2.77. The molecule has 0 saturated heterocycles. The van der Waals surface area contributed by atoms with E-state index in [1.807, 2.05) is 32.1 Å². The molecule has 2 rings (SSSR count). The predicted molar refractivity (Wildman–Crippen MR) is 106 cm³/mol. The van der Waals surface area contributed by atoms with Crippen molar-refractivity contribution in [2.45, 2.75) is 39.0 Å². The average Bonchev–Trinajstić information content (AvgIpc) is 2.64. The van der Waals surface area contributed by atoms with Crippen molar-refractivity contribution in [3.63, 3.8) is 0 Å². The molecule has 4 nitrogen and oxygen atoms in total. The molecule has 0 unspecified atom stereocenters. The maximum atomic E-state index is 12.9. The highest BCUT2D eigenvalue weighted by Gasteiger charge is 2.37. The molecular weight excluding hydrogens is 369 g/mol. The Labute approximate surface area is 164 Å². The molecule has 1 amide bonds. The molecule has 0 radical (unpaired) electrons. The van der Waals surface area contributed by atoms with Gasteiger partial charge < -0.3 is 10.4 Å². The zero-order valence-electron chi connectivity index (χ0n) is 15.9. The lowest BCUT2D eigenvalue weighted by Gasteiger charge is -2.32. The maximum absolute atomic E-state index is 12.9. The number of amides is 1. The molecule has 3 atom stereocenters. The molecule has 0 saturated carbocycles. The molecule has 0 fully saturated rings. The summed E-state index contributed by atoms with van der Waals surface area (Å²) in [7, 11) is 0. The van der Waals surface area contributed by atoms with E-state index in [0.29, 0.717) is 19.4 Å². The molecule has 0 heterocycles. The molecule has 1 aromatic carbocycles. The highest BCUT2D eigenvalue weighted by Crippen LogP contribution is 2.34. The summed E-state index contributed by atoms with van der Waals surface area (Å²) >= 11 is 0. The summed E-state index contributed by atoms with van der Waals surface area (Å²) < 4.78 is 38.7. The molecule has 1 aromatic rings. The van der Waals surface area contributed by atoms with Crippen molar-refractivity contribution in [2.24, 2.45) is 16.8 Å². The number of anilines is 1. The van der Waals surface area contributed by atoms with Crippen LogP contribution in [-0.4, -0.2) is 29.9 Å². The highest BCUT2D eigenvalue weighted by molar-refractivity contribution is 5.94. The summed E-state index contributed by atoms with van der Waals surface area (Å²) in [6.45, 7) is 4.49. The first-order valence-electron chi connectivity index (χ1n) is 9.29. The van der Waals surface area contributed by atoms with Crippen molar-refractivity contribution >= 4 is 17.8 Å². The minimum atomic E-state index is -4.49. The third kappa shape index (κ3) is 5.55. The minimum Gasteiger partial charge on any atom is -0.392 e. The quantitative estimate of drug-likeness (QED) is 0.532. The Morgan fingerprint density at radius 1 is 1.39 bits per heavy atom. The maximum Gasteiger partial charge on any atom is 0.416 e. The third-order valence-corrected chi connectivity index (χ3v) is 4.70. The molecule has 1 aliphatic carbocycles. The third-order valence-electron chi connectivity index (χ3n) is 4.70. The Kier molecular flexibility index (Phi) is 7.57. The van der Waals surface area contributed by atoms with E-state index in [1.165, 1.54) is 12.1 Å². The molecule has 0 bridgehead atoms. The number of alkyl halides is 3. The fourth-order valence-electron chi connectivity index (χ4n) is 3.28. The molecule has 0 spiro atoms. The van der Waals surface area contributed by atoms with Gasteiger partial charge in [0.15, 0.2) is 0 Å². The SMILES string of the molecule is CCN=C/C=C(\CC)[C@@H]1C=CC[C@H](O)[C@@H]1C(=O)Nc1cccc(C(F)(F)F)c1.[HH]. The van der Waals surface area contributed by atoms with Crippen LogP contribution in [0.4, 0.5) is 18.9 Å². The lowest BCUT2D eigenvalue weighted by molar-refractivity contribution is -0.137. The van der Waals surface area contributed by atoms with E-state index >= 15 is 0 Å². The fraction of sp³-hybridized carbons (Fsp3) is 0.429. The monoisotopic (exact) mass is 396 g/mol. The summed E-state index contributed by atoms with van der Waals surface area (Å²) in [5.74, 6) is -1.64. The normalized spacial score (nSPS) is 23.2. The van der Waals surface area contributed by atoms with Crippen molar-refractivity contribution < 1.29 is 24.5 Å². The number of hydrogen-bond acceptors (Lipinski definition) is 3. The summed E-state index contributed by atoms with van der Waals surface area (Å²) in [5, 5.41) is 13.0. The minimum absolute atomic E-state index is 0. The number of carbonyl (C=O) groups is 1. The van der Waals surface area contributed by atoms with Crippen LogP contribution in [0.1, 0.15) is 33.7 Å². The van der Waals surface area contributed by atoms with Crippen molar-refractivity contribution in [2.75, 3.05) is 11.9 Å². The van der Waals surface area contributed by atoms with E-state index in [0.717, 1.165) is 17.7 Å². The first-order chi connectivity index (χ1) is 13.3. The Morgan fingerprint density at radius 2 is 2.14 bits per heavy atom. The second-order valence-electron chi connectivity index (χ2n) is 6.59. The van der Waals surface area contributed by atoms with Gasteiger partial charge in [-0.3, -0.25) is 9.79 Å². The van der Waals surface area contributed by atoms with E-state index in [1.54, 1.807) is 6.21 Å². The first-order valence-corrected chi connectivity index (χ1v) is 9.29. The van der Waals surface area contributed by atoms with Gasteiger partial charge in [-0.15, -0.1) is 0 Å². The molecule has 2 N–H and O–H groups in total. The summed E-state index contributed by atoms with van der Waals surface area (Å²) in [6, 6.07) is 4.48. The van der Waals surface area contributed by atoms with Gasteiger partial charge in [0.2, 0.25) is 5.91 Å². The number of rotatable bonds is 6. The number of hydrogen-bond donors (Lipinski definition) is 2. The standard InChI is InChI=1S/C21H25F3N2O2.H2/c1-3-14(11-12-25-4-2)17-9-6-10-18(27)19(17)20(28)26-16-8-5-7-15(13-16)21(22,23)24;/h5-9,11-13,17-19,27H,3-4,10H2,1-2H3,(H,26,28);1H/b14-11+,25-12?;/t17-,18-,19+;/m0./s1. The molecule has 28 heavy (non-hydrogen) atoms. The van der Waals surface area contributed by atoms with Crippen molar-refractivity contribution in [1.29, 1.82) is 0 Å². The lowest BCUT2D eigenvalue weighted by Crippen LogP contribution is -2.40. The van der Waals surface area contributed by atoms with Gasteiger partial charge in [-0.2, -0.15) is 13.2 Å². The second kappa shape index (κ2) is 9.68. The Balaban J connectivity index is 0.00000420. The van der Waals surface area contributed by atoms with Crippen LogP contribution in [0.25, 0.3) is 0 Å². The van der Waals surface area contributed by atoms with E-state index in [9.17, 15) is 23.1 Å². The number of allylic oxidation sites excluding steroid dienone is 3. The number of carbonyl (C=O) groups excluding carboxylic acids is 1. The molecule has 0 aromatic heterocycles. The Hall–Kier alpha value is -2.41. The summed E-state index contributed by atoms with van der Waals surface area (Å²) in [4.78, 5) is 17.0. The van der Waals surface area contributed by atoms with Crippen LogP contribution >= 0.6 is 0 Å². The number of aliphatic imine (C=N–C) groups is 1. The van der Waals surface area contributed by atoms with E-state index in [4.69, 9.17) is 0 Å². The smallest absolute Gasteiger partial charge is 0.392 e. The zero-order chi connectivity index (χ0) is 20.7. The van der Waals surface area contributed by atoms with Gasteiger partial charge in [-0.25, -0.2) is 0 Å². The van der Waals surface area contributed by atoms with E-state index in [2.05, 4.69) is 10.3 Å². The van der Waals surface area contributed by atoms with Gasteiger partial charge in [-0.1, -0.05) is 30.7 Å². The molecule has 154 valence electrons. The second-order valence-corrected chi connectivity index (χ2v) is 6.59. The van der Waals surface area contributed by atoms with Crippen molar-refractivity contribution in [3.05, 3.63) is 53.6 Å². The van der Waals surface area contributed by atoms with Crippen molar-refractivity contribution in [3.8, 4) is 0 Å². The number of benzene rings is 1. The van der Waals surface area contributed by atoms with Gasteiger partial charge >= 0.3 is 6.18 Å². The van der Waals surface area contributed by atoms with Crippen LogP contribution in [0, 0.1) is 11.8 Å². The largest absolute Gasteiger partial charge is 0.416 e. The molecule has 1 aliphatic rings. The molecule has 0 aliphatic heterocycles. The Morgan fingerprint density at radius 3 is 2.79 bits per heavy atom. The number of aliphatic hydroxyl groups is 1. The van der Waals surface area contributed by atoms with Crippen LogP contribution in [0.2, 0.25) is 0 Å². The molecular formula is C21H27F3N2O2. The first kappa shape index (κ1) is 21.9. The number of aliphatic hydroxyl groups excluding tert-OH is 1. The van der Waals surface area contributed by atoms with Gasteiger partial charge in [0, 0.05) is 25.8 Å². The zero-order valence-corrected chi connectivity index (χ0v) is 15.9. The highest BCUT2D eigenvalue weighted by atomic mass is 19.4. The fourth-order valence-corrected chi connectivity index (χ4v) is 3.28. The van der Waals surface area contributed by atoms with Crippen LogP contribution in [0.15, 0.2) is 53.1 Å². The van der Waals surface area contributed by atoms with Crippen LogP contribution < -0.4 is 5.32 Å². The summed E-state index contributed by atoms with van der Waals surface area (Å²) in [5.41, 5.74) is 0.141. The number of halogens is 3. The topological polar surface area (TPSA) is 61.7 Å². The van der Waals surface area contributed by atoms with Crippen LogP contribution in [0.3, 0.4) is 0 Å². The number of nitrogens with one attached hydrogen (secondary N) is 1. The number of nitrogens with zero attached hydrogens (tertiary/aromatic N) is 1. The van der Waals surface area contributed by atoms with E-state index in [-0.39, 0.29) is 13.0 Å². The molecule has 7 heteroatoms. The predicted octanol–water partition coefficient (Wildman–Crippen LogP) is 4.87. The van der Waals surface area contributed by atoms with Gasteiger partial charge in [0.05, 0.1) is 17.6 Å². The average molecular weight is 396 g/mol.